The van der Waals surface area contributed by atoms with Crippen LogP contribution in [0, 0.1) is 5.82 Å². The smallest absolute Gasteiger partial charge is 0.249 e. The number of imidazole rings is 1. The lowest BCUT2D eigenvalue weighted by Gasteiger charge is -2.24. The number of anilines is 1. The first-order chi connectivity index (χ1) is 17.5. The molecule has 0 bridgehead atoms. The van der Waals surface area contributed by atoms with Gasteiger partial charge in [0.2, 0.25) is 17.8 Å². The minimum Gasteiger partial charge on any atom is -0.497 e. The van der Waals surface area contributed by atoms with E-state index in [1.54, 1.807) is 30.0 Å². The van der Waals surface area contributed by atoms with Crippen molar-refractivity contribution in [2.45, 2.75) is 18.9 Å². The number of halogens is 1. The summed E-state index contributed by atoms with van der Waals surface area (Å²) in [5.74, 6) is -0.149. The number of hydrogen-bond donors (Lipinski definition) is 1. The molecule has 10 heteroatoms. The summed E-state index contributed by atoms with van der Waals surface area (Å²) in [5, 5.41) is 2.81. The Morgan fingerprint density at radius 1 is 1.17 bits per heavy atom. The van der Waals surface area contributed by atoms with E-state index in [1.165, 1.54) is 24.1 Å². The van der Waals surface area contributed by atoms with E-state index in [0.29, 0.717) is 30.3 Å². The molecular formula is C26H29FN4O5. The molecule has 1 aliphatic rings. The molecule has 1 atom stereocenters. The fourth-order valence-electron chi connectivity index (χ4n) is 4.01. The van der Waals surface area contributed by atoms with E-state index in [9.17, 15) is 14.0 Å². The second-order valence-electron chi connectivity index (χ2n) is 8.42. The Kier molecular flexibility index (Phi) is 8.29. The molecule has 1 unspecified atom stereocenters. The summed E-state index contributed by atoms with van der Waals surface area (Å²) < 4.78 is 31.1. The van der Waals surface area contributed by atoms with Gasteiger partial charge >= 0.3 is 0 Å². The van der Waals surface area contributed by atoms with Gasteiger partial charge in [0.25, 0.3) is 0 Å². The van der Waals surface area contributed by atoms with Crippen LogP contribution >= 0.6 is 0 Å². The van der Waals surface area contributed by atoms with E-state index in [4.69, 9.17) is 14.2 Å². The van der Waals surface area contributed by atoms with Gasteiger partial charge in [0.1, 0.15) is 24.7 Å². The number of nitrogens with one attached hydrogen (secondary N) is 1. The number of ether oxygens (including phenoxy) is 3. The molecule has 2 amide bonds. The zero-order valence-corrected chi connectivity index (χ0v) is 20.3. The fraction of sp³-hybridized carbons (Fsp3) is 0.346. The molecule has 0 aliphatic carbocycles. The molecule has 1 fully saturated rings. The van der Waals surface area contributed by atoms with Crippen molar-refractivity contribution < 1.29 is 28.2 Å². The number of nitrogens with zero attached hydrogens (tertiary/aromatic N) is 3. The zero-order chi connectivity index (χ0) is 25.5. The Morgan fingerprint density at radius 3 is 2.56 bits per heavy atom. The largest absolute Gasteiger partial charge is 0.497 e. The maximum Gasteiger partial charge on any atom is 0.249 e. The maximum atomic E-state index is 13.5. The second kappa shape index (κ2) is 11.8. The highest BCUT2D eigenvalue weighted by Crippen LogP contribution is 2.26. The summed E-state index contributed by atoms with van der Waals surface area (Å²) in [6.07, 6.45) is 3.40. The molecule has 0 saturated carbocycles. The molecule has 190 valence electrons. The Labute approximate surface area is 208 Å². The topological polar surface area (TPSA) is 94.9 Å². The maximum absolute atomic E-state index is 13.5. The van der Waals surface area contributed by atoms with Gasteiger partial charge in [-0.1, -0.05) is 0 Å². The van der Waals surface area contributed by atoms with Crippen LogP contribution in [0.15, 0.2) is 54.7 Å². The molecule has 1 N–H and O–H groups in total. The Balaban J connectivity index is 1.58. The van der Waals surface area contributed by atoms with Gasteiger partial charge in [-0.05, 0) is 61.4 Å². The van der Waals surface area contributed by atoms with Crippen LogP contribution in [0.3, 0.4) is 0 Å². The van der Waals surface area contributed by atoms with E-state index in [1.807, 2.05) is 24.3 Å². The quantitative estimate of drug-likeness (QED) is 0.463. The number of rotatable bonds is 10. The molecule has 2 heterocycles. The van der Waals surface area contributed by atoms with Crippen molar-refractivity contribution in [1.82, 2.24) is 14.5 Å². The fourth-order valence-corrected chi connectivity index (χ4v) is 4.01. The van der Waals surface area contributed by atoms with Crippen molar-refractivity contribution >= 4 is 17.8 Å². The number of carbonyl (C=O) groups is 2. The highest BCUT2D eigenvalue weighted by molar-refractivity contribution is 5.94. The molecule has 1 aliphatic heterocycles. The monoisotopic (exact) mass is 496 g/mol. The van der Waals surface area contributed by atoms with Crippen LogP contribution in [0.2, 0.25) is 0 Å². The Bertz CT molecular complexity index is 1170. The number of methoxy groups -OCH3 is 2. The standard InChI is InChI=1S/C26H29FN4O5/c1-34-17-25(33)30(14-22-4-3-13-36-22)16-24(32)29-26-28-23(18-5-11-21(35-2)12-6-18)15-31(26)20-9-7-19(27)8-10-20/h5-12,15,22H,3-4,13-14,16-17H2,1-2H3,(H,28,29,32). The van der Waals surface area contributed by atoms with Gasteiger partial charge in [-0.3, -0.25) is 19.5 Å². The Hall–Kier alpha value is -3.76. The van der Waals surface area contributed by atoms with Crippen LogP contribution in [0.4, 0.5) is 10.3 Å². The Morgan fingerprint density at radius 2 is 1.92 bits per heavy atom. The average molecular weight is 497 g/mol. The lowest BCUT2D eigenvalue weighted by atomic mass is 10.1. The molecule has 3 aromatic rings. The van der Waals surface area contributed by atoms with Gasteiger partial charge in [0.05, 0.1) is 18.9 Å². The highest BCUT2D eigenvalue weighted by atomic mass is 19.1. The van der Waals surface area contributed by atoms with Gasteiger partial charge < -0.3 is 19.1 Å². The lowest BCUT2D eigenvalue weighted by molar-refractivity contribution is -0.139. The molecular weight excluding hydrogens is 467 g/mol. The van der Waals surface area contributed by atoms with Crippen LogP contribution in [-0.2, 0) is 19.1 Å². The van der Waals surface area contributed by atoms with Gasteiger partial charge in [-0.2, -0.15) is 0 Å². The number of hydrogen-bond acceptors (Lipinski definition) is 6. The number of benzene rings is 2. The summed E-state index contributed by atoms with van der Waals surface area (Å²) in [5.41, 5.74) is 2.03. The first-order valence-corrected chi connectivity index (χ1v) is 11.6. The predicted molar refractivity (Wildman–Crippen MR) is 132 cm³/mol. The van der Waals surface area contributed by atoms with Crippen molar-refractivity contribution in [1.29, 1.82) is 0 Å². The predicted octanol–water partition coefficient (Wildman–Crippen LogP) is 3.28. The van der Waals surface area contributed by atoms with Crippen LogP contribution in [0.5, 0.6) is 5.75 Å². The third kappa shape index (κ3) is 6.27. The van der Waals surface area contributed by atoms with Crippen molar-refractivity contribution in [3.05, 3.63) is 60.5 Å². The normalized spacial score (nSPS) is 15.0. The van der Waals surface area contributed by atoms with E-state index >= 15 is 0 Å². The van der Waals surface area contributed by atoms with Crippen molar-refractivity contribution in [3.63, 3.8) is 0 Å². The zero-order valence-electron chi connectivity index (χ0n) is 20.3. The van der Waals surface area contributed by atoms with Crippen LogP contribution < -0.4 is 10.1 Å². The van der Waals surface area contributed by atoms with Crippen LogP contribution in [0.1, 0.15) is 12.8 Å². The van der Waals surface area contributed by atoms with Crippen molar-refractivity contribution in [2.75, 3.05) is 45.8 Å². The third-order valence-corrected chi connectivity index (χ3v) is 5.85. The molecule has 9 nitrogen and oxygen atoms in total. The molecule has 2 aromatic carbocycles. The summed E-state index contributed by atoms with van der Waals surface area (Å²) in [4.78, 5) is 31.7. The van der Waals surface area contributed by atoms with Gasteiger partial charge in [-0.25, -0.2) is 9.37 Å². The summed E-state index contributed by atoms with van der Waals surface area (Å²) in [6, 6.07) is 13.2. The molecule has 1 saturated heterocycles. The molecule has 36 heavy (non-hydrogen) atoms. The molecule has 1 aromatic heterocycles. The van der Waals surface area contributed by atoms with Gasteiger partial charge in [-0.15, -0.1) is 0 Å². The van der Waals surface area contributed by atoms with E-state index in [-0.39, 0.29) is 36.9 Å². The summed E-state index contributed by atoms with van der Waals surface area (Å²) in [6.45, 7) is 0.632. The lowest BCUT2D eigenvalue weighted by Crippen LogP contribution is -2.44. The highest BCUT2D eigenvalue weighted by Gasteiger charge is 2.25. The van der Waals surface area contributed by atoms with E-state index < -0.39 is 5.91 Å². The number of aromatic nitrogens is 2. The minimum atomic E-state index is -0.423. The number of carbonyl (C=O) groups excluding carboxylic acids is 2. The third-order valence-electron chi connectivity index (χ3n) is 5.85. The summed E-state index contributed by atoms with van der Waals surface area (Å²) in [7, 11) is 3.02. The first-order valence-electron chi connectivity index (χ1n) is 11.6. The van der Waals surface area contributed by atoms with E-state index in [2.05, 4.69) is 10.3 Å². The van der Waals surface area contributed by atoms with Crippen LogP contribution in [0.25, 0.3) is 16.9 Å². The van der Waals surface area contributed by atoms with Gasteiger partial charge in [0, 0.05) is 37.7 Å². The summed E-state index contributed by atoms with van der Waals surface area (Å²) >= 11 is 0. The first kappa shape index (κ1) is 25.3. The van der Waals surface area contributed by atoms with Crippen molar-refractivity contribution in [2.24, 2.45) is 0 Å². The van der Waals surface area contributed by atoms with Gasteiger partial charge in [0.15, 0.2) is 0 Å². The minimum absolute atomic E-state index is 0.110. The SMILES string of the molecule is COCC(=O)N(CC(=O)Nc1nc(-c2ccc(OC)cc2)cn1-c1ccc(F)cc1)CC1CCCO1. The molecule has 4 rings (SSSR count). The molecule has 0 radical (unpaired) electrons. The van der Waals surface area contributed by atoms with Crippen molar-refractivity contribution in [3.8, 4) is 22.7 Å². The van der Waals surface area contributed by atoms with E-state index in [0.717, 1.165) is 18.4 Å². The average Bonchev–Trinajstić information content (AvgIpc) is 3.54. The van der Waals surface area contributed by atoms with Crippen LogP contribution in [-0.4, -0.2) is 72.9 Å². The second-order valence-corrected chi connectivity index (χ2v) is 8.42. The molecule has 0 spiro atoms. The number of amides is 2.